The van der Waals surface area contributed by atoms with Crippen LogP contribution in [0.3, 0.4) is 0 Å². The summed E-state index contributed by atoms with van der Waals surface area (Å²) in [5.41, 5.74) is 6.11. The third kappa shape index (κ3) is 6.18. The lowest BCUT2D eigenvalue weighted by Gasteiger charge is -2.16. The molecule has 0 heterocycles. The smallest absolute Gasteiger partial charge is 0.255 e. The molecule has 4 N–H and O–H groups in total. The molecular formula is C17H26N4O2. The second kappa shape index (κ2) is 9.02. The number of nitrogens with one attached hydrogen (secondary N) is 2. The monoisotopic (exact) mass is 318 g/mol. The number of aliphatic imine (C=N–C) groups is 1. The van der Waals surface area contributed by atoms with Crippen LogP contribution in [0, 0.1) is 0 Å². The fourth-order valence-electron chi connectivity index (χ4n) is 2.64. The van der Waals surface area contributed by atoms with E-state index in [9.17, 15) is 4.79 Å². The quantitative estimate of drug-likeness (QED) is 0.526. The summed E-state index contributed by atoms with van der Waals surface area (Å²) in [7, 11) is 0. The van der Waals surface area contributed by atoms with Gasteiger partial charge in [-0.2, -0.15) is 0 Å². The Kier molecular flexibility index (Phi) is 6.72. The van der Waals surface area contributed by atoms with Crippen LogP contribution in [-0.4, -0.2) is 31.1 Å². The van der Waals surface area contributed by atoms with Gasteiger partial charge < -0.3 is 21.1 Å². The number of amides is 1. The normalized spacial score (nSPS) is 15.4. The molecule has 1 aromatic rings. The Labute approximate surface area is 137 Å². The van der Waals surface area contributed by atoms with Gasteiger partial charge in [-0.05, 0) is 37.5 Å². The first-order valence-corrected chi connectivity index (χ1v) is 8.22. The summed E-state index contributed by atoms with van der Waals surface area (Å²) in [5, 5.41) is 6.77. The first-order chi connectivity index (χ1) is 11.2. The second-order valence-electron chi connectivity index (χ2n) is 5.72. The van der Waals surface area contributed by atoms with Crippen LogP contribution in [0.5, 0.6) is 5.75 Å². The molecule has 0 bridgehead atoms. The van der Waals surface area contributed by atoms with Crippen molar-refractivity contribution >= 4 is 11.9 Å². The van der Waals surface area contributed by atoms with Gasteiger partial charge in [0.2, 0.25) is 0 Å². The standard InChI is InChI=1S/C17H26N4O2/c1-2-19-17(21-14-7-3-4-8-14)20-11-13-6-5-9-15(10-13)23-12-16(18)22/h5-6,9-10,14H,2-4,7-8,11-12H2,1H3,(H2,18,22)(H2,19,20,21). The summed E-state index contributed by atoms with van der Waals surface area (Å²) in [4.78, 5) is 15.4. The zero-order valence-electron chi connectivity index (χ0n) is 13.7. The van der Waals surface area contributed by atoms with E-state index in [1.54, 1.807) is 6.07 Å². The molecule has 2 rings (SSSR count). The molecule has 0 saturated heterocycles. The molecule has 0 radical (unpaired) electrons. The number of benzene rings is 1. The van der Waals surface area contributed by atoms with Crippen molar-refractivity contribution in [2.75, 3.05) is 13.2 Å². The summed E-state index contributed by atoms with van der Waals surface area (Å²) in [6.45, 7) is 3.33. The van der Waals surface area contributed by atoms with E-state index in [0.29, 0.717) is 18.3 Å². The minimum absolute atomic E-state index is 0.113. The molecule has 0 aromatic heterocycles. The number of primary amides is 1. The van der Waals surface area contributed by atoms with E-state index in [2.05, 4.69) is 22.5 Å². The van der Waals surface area contributed by atoms with Gasteiger partial charge in [-0.3, -0.25) is 4.79 Å². The van der Waals surface area contributed by atoms with E-state index >= 15 is 0 Å². The number of guanidine groups is 1. The molecule has 126 valence electrons. The molecule has 6 heteroatoms. The van der Waals surface area contributed by atoms with Gasteiger partial charge >= 0.3 is 0 Å². The number of rotatable bonds is 7. The van der Waals surface area contributed by atoms with Gasteiger partial charge in [-0.1, -0.05) is 25.0 Å². The molecule has 0 atom stereocenters. The van der Waals surface area contributed by atoms with Crippen molar-refractivity contribution in [3.8, 4) is 5.75 Å². The molecule has 0 unspecified atom stereocenters. The van der Waals surface area contributed by atoms with Crippen molar-refractivity contribution in [1.29, 1.82) is 0 Å². The lowest BCUT2D eigenvalue weighted by Crippen LogP contribution is -2.42. The molecule has 23 heavy (non-hydrogen) atoms. The maximum absolute atomic E-state index is 10.8. The van der Waals surface area contributed by atoms with E-state index < -0.39 is 5.91 Å². The van der Waals surface area contributed by atoms with Crippen molar-refractivity contribution in [2.24, 2.45) is 10.7 Å². The molecule has 1 aliphatic rings. The number of carbonyl (C=O) groups is 1. The van der Waals surface area contributed by atoms with Gasteiger partial charge in [0.15, 0.2) is 12.6 Å². The Hall–Kier alpha value is -2.24. The number of ether oxygens (including phenoxy) is 1. The molecular weight excluding hydrogens is 292 g/mol. The van der Waals surface area contributed by atoms with Crippen LogP contribution in [0.4, 0.5) is 0 Å². The lowest BCUT2D eigenvalue weighted by molar-refractivity contribution is -0.119. The third-order valence-electron chi connectivity index (χ3n) is 3.74. The van der Waals surface area contributed by atoms with Crippen LogP contribution in [0.15, 0.2) is 29.3 Å². The van der Waals surface area contributed by atoms with Gasteiger partial charge in [0.05, 0.1) is 6.54 Å². The van der Waals surface area contributed by atoms with Crippen molar-refractivity contribution in [3.63, 3.8) is 0 Å². The highest BCUT2D eigenvalue weighted by molar-refractivity contribution is 5.80. The van der Waals surface area contributed by atoms with Crippen molar-refractivity contribution < 1.29 is 9.53 Å². The average molecular weight is 318 g/mol. The summed E-state index contributed by atoms with van der Waals surface area (Å²) in [6, 6.07) is 8.08. The van der Waals surface area contributed by atoms with Gasteiger partial charge in [-0.15, -0.1) is 0 Å². The summed E-state index contributed by atoms with van der Waals surface area (Å²) in [5.74, 6) is 0.997. The SMILES string of the molecule is CCNC(=NCc1cccc(OCC(N)=O)c1)NC1CCCC1. The average Bonchev–Trinajstić information content (AvgIpc) is 3.04. The molecule has 1 aliphatic carbocycles. The molecule has 6 nitrogen and oxygen atoms in total. The Morgan fingerprint density at radius 1 is 1.39 bits per heavy atom. The molecule has 0 aliphatic heterocycles. The number of carbonyl (C=O) groups excluding carboxylic acids is 1. The Morgan fingerprint density at radius 3 is 2.87 bits per heavy atom. The summed E-state index contributed by atoms with van der Waals surface area (Å²) >= 11 is 0. The van der Waals surface area contributed by atoms with Crippen LogP contribution >= 0.6 is 0 Å². The molecule has 0 spiro atoms. The summed E-state index contributed by atoms with van der Waals surface area (Å²) in [6.07, 6.45) is 4.99. The minimum atomic E-state index is -0.483. The van der Waals surface area contributed by atoms with E-state index in [0.717, 1.165) is 18.1 Å². The maximum Gasteiger partial charge on any atom is 0.255 e. The van der Waals surface area contributed by atoms with E-state index in [4.69, 9.17) is 10.5 Å². The Bertz CT molecular complexity index is 539. The highest BCUT2D eigenvalue weighted by Gasteiger charge is 2.15. The molecule has 1 fully saturated rings. The molecule has 1 amide bonds. The number of nitrogens with two attached hydrogens (primary N) is 1. The predicted octanol–water partition coefficient (Wildman–Crippen LogP) is 1.55. The summed E-state index contributed by atoms with van der Waals surface area (Å²) < 4.78 is 5.32. The van der Waals surface area contributed by atoms with Crippen molar-refractivity contribution in [1.82, 2.24) is 10.6 Å². The number of hydrogen-bond acceptors (Lipinski definition) is 3. The van der Waals surface area contributed by atoms with Crippen molar-refractivity contribution in [2.45, 2.75) is 45.2 Å². The van der Waals surface area contributed by atoms with Crippen LogP contribution < -0.4 is 21.1 Å². The predicted molar refractivity (Wildman–Crippen MR) is 91.3 cm³/mol. The Morgan fingerprint density at radius 2 is 2.17 bits per heavy atom. The number of nitrogens with zero attached hydrogens (tertiary/aromatic N) is 1. The minimum Gasteiger partial charge on any atom is -0.484 e. The van der Waals surface area contributed by atoms with E-state index in [1.807, 2.05) is 18.2 Å². The van der Waals surface area contributed by atoms with Gasteiger partial charge in [0, 0.05) is 12.6 Å². The first-order valence-electron chi connectivity index (χ1n) is 8.22. The van der Waals surface area contributed by atoms with E-state index in [1.165, 1.54) is 25.7 Å². The fraction of sp³-hybridized carbons (Fsp3) is 0.529. The van der Waals surface area contributed by atoms with Gasteiger partial charge in [0.1, 0.15) is 5.75 Å². The second-order valence-corrected chi connectivity index (χ2v) is 5.72. The topological polar surface area (TPSA) is 88.7 Å². The van der Waals surface area contributed by atoms with Gasteiger partial charge in [-0.25, -0.2) is 4.99 Å². The van der Waals surface area contributed by atoms with Crippen LogP contribution in [0.1, 0.15) is 38.2 Å². The highest BCUT2D eigenvalue weighted by Crippen LogP contribution is 2.17. The zero-order valence-corrected chi connectivity index (χ0v) is 13.7. The fourth-order valence-corrected chi connectivity index (χ4v) is 2.64. The molecule has 1 saturated carbocycles. The van der Waals surface area contributed by atoms with Crippen molar-refractivity contribution in [3.05, 3.63) is 29.8 Å². The lowest BCUT2D eigenvalue weighted by atomic mass is 10.2. The largest absolute Gasteiger partial charge is 0.484 e. The van der Waals surface area contributed by atoms with Crippen LogP contribution in [0.2, 0.25) is 0 Å². The first kappa shape index (κ1) is 17.1. The maximum atomic E-state index is 10.8. The third-order valence-corrected chi connectivity index (χ3v) is 3.74. The zero-order chi connectivity index (χ0) is 16.5. The van der Waals surface area contributed by atoms with E-state index in [-0.39, 0.29) is 6.61 Å². The number of hydrogen-bond donors (Lipinski definition) is 3. The highest BCUT2D eigenvalue weighted by atomic mass is 16.5. The van der Waals surface area contributed by atoms with Gasteiger partial charge in [0.25, 0.3) is 5.91 Å². The molecule has 1 aromatic carbocycles. The Balaban J connectivity index is 1.94. The van der Waals surface area contributed by atoms with Crippen LogP contribution in [0.25, 0.3) is 0 Å². The van der Waals surface area contributed by atoms with Crippen LogP contribution in [-0.2, 0) is 11.3 Å².